The van der Waals surface area contributed by atoms with Gasteiger partial charge in [-0.15, -0.1) is 0 Å². The maximum atomic E-state index is 5.29. The molecule has 1 atom stereocenters. The van der Waals surface area contributed by atoms with Gasteiger partial charge in [-0.1, -0.05) is 0 Å². The van der Waals surface area contributed by atoms with Crippen molar-refractivity contribution in [3.05, 3.63) is 0 Å². The van der Waals surface area contributed by atoms with Crippen LogP contribution in [0.2, 0.25) is 0 Å². The normalized spacial score (nSPS) is 24.8. The highest BCUT2D eigenvalue weighted by Gasteiger charge is 2.22. The van der Waals surface area contributed by atoms with Gasteiger partial charge in [0.15, 0.2) is 0 Å². The standard InChI is InChI=1S/C7H16NO2.HI/c1-8(2,3)4-7-5-9-6-10-7;/h7H,4-6H2,1-3H3;1H/q+1;/p-1. The molecule has 1 fully saturated rings. The van der Waals surface area contributed by atoms with E-state index < -0.39 is 0 Å². The average molecular weight is 273 g/mol. The Morgan fingerprint density at radius 3 is 2.36 bits per heavy atom. The molecule has 1 saturated heterocycles. The summed E-state index contributed by atoms with van der Waals surface area (Å²) in [5, 5.41) is 0. The molecule has 3 nitrogen and oxygen atoms in total. The zero-order chi connectivity index (χ0) is 7.61. The Bertz CT molecular complexity index is 107. The largest absolute Gasteiger partial charge is 1.00 e. The van der Waals surface area contributed by atoms with Gasteiger partial charge in [0.05, 0.1) is 27.7 Å². The quantitative estimate of drug-likeness (QED) is 0.396. The van der Waals surface area contributed by atoms with Gasteiger partial charge in [-0.2, -0.15) is 0 Å². The molecule has 1 heterocycles. The molecule has 1 unspecified atom stereocenters. The maximum Gasteiger partial charge on any atom is 0.147 e. The third-order valence-corrected chi connectivity index (χ3v) is 1.44. The van der Waals surface area contributed by atoms with Crippen LogP contribution in [-0.2, 0) is 9.47 Å². The highest BCUT2D eigenvalue weighted by Crippen LogP contribution is 2.06. The summed E-state index contributed by atoms with van der Waals surface area (Å²) in [6.45, 7) is 2.26. The van der Waals surface area contributed by atoms with Crippen LogP contribution < -0.4 is 24.0 Å². The molecule has 1 rings (SSSR count). The number of rotatable bonds is 2. The number of likely N-dealkylation sites (N-methyl/N-ethyl adjacent to an activating group) is 1. The Labute approximate surface area is 85.3 Å². The Morgan fingerprint density at radius 1 is 1.36 bits per heavy atom. The van der Waals surface area contributed by atoms with Crippen LogP contribution in [0, 0.1) is 0 Å². The monoisotopic (exact) mass is 273 g/mol. The number of hydrogen-bond acceptors (Lipinski definition) is 2. The van der Waals surface area contributed by atoms with Crippen molar-refractivity contribution in [1.29, 1.82) is 0 Å². The van der Waals surface area contributed by atoms with Gasteiger partial charge in [-0.3, -0.25) is 0 Å². The molecule has 1 aliphatic rings. The van der Waals surface area contributed by atoms with E-state index in [1.165, 1.54) is 0 Å². The number of hydrogen-bond donors (Lipinski definition) is 0. The number of nitrogens with zero attached hydrogens (tertiary/aromatic N) is 1. The molecule has 0 amide bonds. The predicted molar refractivity (Wildman–Crippen MR) is 38.6 cm³/mol. The van der Waals surface area contributed by atoms with Gasteiger partial charge in [0.2, 0.25) is 0 Å². The molecule has 11 heavy (non-hydrogen) atoms. The molecule has 0 aromatic heterocycles. The van der Waals surface area contributed by atoms with E-state index in [0.29, 0.717) is 12.9 Å². The topological polar surface area (TPSA) is 18.5 Å². The van der Waals surface area contributed by atoms with Crippen LogP contribution in [0.4, 0.5) is 0 Å². The van der Waals surface area contributed by atoms with E-state index in [-0.39, 0.29) is 24.0 Å². The number of quaternary nitrogens is 1. The molecule has 1 aliphatic heterocycles. The second-order valence-electron chi connectivity index (χ2n) is 3.75. The fourth-order valence-corrected chi connectivity index (χ4v) is 1.09. The van der Waals surface area contributed by atoms with E-state index in [1.54, 1.807) is 0 Å². The lowest BCUT2D eigenvalue weighted by molar-refractivity contribution is -0.873. The van der Waals surface area contributed by atoms with Gasteiger partial charge in [0, 0.05) is 0 Å². The minimum Gasteiger partial charge on any atom is -1.00 e. The van der Waals surface area contributed by atoms with Gasteiger partial charge in [0.1, 0.15) is 19.4 Å². The van der Waals surface area contributed by atoms with Crippen molar-refractivity contribution < 1.29 is 37.9 Å². The summed E-state index contributed by atoms with van der Waals surface area (Å²) in [5.41, 5.74) is 0. The summed E-state index contributed by atoms with van der Waals surface area (Å²) >= 11 is 0. The van der Waals surface area contributed by atoms with Gasteiger partial charge in [-0.25, -0.2) is 0 Å². The van der Waals surface area contributed by atoms with Crippen molar-refractivity contribution in [3.8, 4) is 0 Å². The molecular weight excluding hydrogens is 257 g/mol. The molecule has 4 heteroatoms. The summed E-state index contributed by atoms with van der Waals surface area (Å²) in [6, 6.07) is 0. The SMILES string of the molecule is C[N+](C)(C)CC1COCO1.[I-]. The van der Waals surface area contributed by atoms with Crippen LogP contribution in [0.5, 0.6) is 0 Å². The first kappa shape index (κ1) is 11.6. The van der Waals surface area contributed by atoms with E-state index in [2.05, 4.69) is 21.1 Å². The zero-order valence-electron chi connectivity index (χ0n) is 7.34. The minimum absolute atomic E-state index is 0. The molecule has 0 radical (unpaired) electrons. The lowest BCUT2D eigenvalue weighted by atomic mass is 10.3. The van der Waals surface area contributed by atoms with Crippen molar-refractivity contribution >= 4 is 0 Å². The van der Waals surface area contributed by atoms with Crippen molar-refractivity contribution in [2.45, 2.75) is 6.10 Å². The smallest absolute Gasteiger partial charge is 0.147 e. The molecular formula is C7H16INO2. The highest BCUT2D eigenvalue weighted by atomic mass is 127. The predicted octanol–water partition coefficient (Wildman–Crippen LogP) is -2.93. The van der Waals surface area contributed by atoms with Crippen molar-refractivity contribution in [2.75, 3.05) is 41.1 Å². The molecule has 0 aromatic carbocycles. The van der Waals surface area contributed by atoms with Crippen LogP contribution in [0.3, 0.4) is 0 Å². The lowest BCUT2D eigenvalue weighted by Crippen LogP contribution is -3.00. The van der Waals surface area contributed by atoms with E-state index in [9.17, 15) is 0 Å². The van der Waals surface area contributed by atoms with Gasteiger partial charge < -0.3 is 37.9 Å². The second-order valence-corrected chi connectivity index (χ2v) is 3.75. The molecule has 68 valence electrons. The van der Waals surface area contributed by atoms with Crippen molar-refractivity contribution in [2.24, 2.45) is 0 Å². The fraction of sp³-hybridized carbons (Fsp3) is 1.00. The molecule has 0 bridgehead atoms. The maximum absolute atomic E-state index is 5.29. The van der Waals surface area contributed by atoms with E-state index >= 15 is 0 Å². The third-order valence-electron chi connectivity index (χ3n) is 1.44. The summed E-state index contributed by atoms with van der Waals surface area (Å²) < 4.78 is 11.3. The number of ether oxygens (including phenoxy) is 2. The summed E-state index contributed by atoms with van der Waals surface area (Å²) in [7, 11) is 6.46. The van der Waals surface area contributed by atoms with Crippen molar-refractivity contribution in [1.82, 2.24) is 0 Å². The zero-order valence-corrected chi connectivity index (χ0v) is 9.50. The van der Waals surface area contributed by atoms with Gasteiger partial charge in [-0.05, 0) is 0 Å². The van der Waals surface area contributed by atoms with Crippen LogP contribution in [0.1, 0.15) is 0 Å². The van der Waals surface area contributed by atoms with Crippen LogP contribution in [0.25, 0.3) is 0 Å². The summed E-state index contributed by atoms with van der Waals surface area (Å²) in [6.07, 6.45) is 0.306. The first-order valence-electron chi connectivity index (χ1n) is 3.58. The van der Waals surface area contributed by atoms with E-state index in [0.717, 1.165) is 17.6 Å². The molecule has 0 N–H and O–H groups in total. The van der Waals surface area contributed by atoms with E-state index in [4.69, 9.17) is 9.47 Å². The number of halogens is 1. The molecule has 0 aromatic rings. The van der Waals surface area contributed by atoms with Gasteiger partial charge in [0.25, 0.3) is 0 Å². The summed E-state index contributed by atoms with van der Waals surface area (Å²) in [4.78, 5) is 0. The Hall–Kier alpha value is 0.610. The first-order chi connectivity index (χ1) is 4.58. The third kappa shape index (κ3) is 4.95. The lowest BCUT2D eigenvalue weighted by Gasteiger charge is -2.25. The highest BCUT2D eigenvalue weighted by molar-refractivity contribution is 4.57. The second kappa shape index (κ2) is 4.59. The fourth-order valence-electron chi connectivity index (χ4n) is 1.09. The summed E-state index contributed by atoms with van der Waals surface area (Å²) in [5.74, 6) is 0. The van der Waals surface area contributed by atoms with Gasteiger partial charge >= 0.3 is 0 Å². The van der Waals surface area contributed by atoms with Crippen molar-refractivity contribution in [3.63, 3.8) is 0 Å². The van der Waals surface area contributed by atoms with E-state index in [1.807, 2.05) is 0 Å². The first-order valence-corrected chi connectivity index (χ1v) is 3.58. The van der Waals surface area contributed by atoms with Crippen LogP contribution in [0.15, 0.2) is 0 Å². The molecule has 0 spiro atoms. The van der Waals surface area contributed by atoms with Crippen LogP contribution in [-0.4, -0.2) is 51.7 Å². The molecule has 0 aliphatic carbocycles. The Kier molecular flexibility index (Phi) is 4.85. The average Bonchev–Trinajstić information content (AvgIpc) is 2.12. The Morgan fingerprint density at radius 2 is 2.00 bits per heavy atom. The molecule has 0 saturated carbocycles. The Balaban J connectivity index is 0.000001000. The minimum atomic E-state index is 0. The van der Waals surface area contributed by atoms with Crippen LogP contribution >= 0.6 is 0 Å².